The molecule has 32 heavy (non-hydrogen) atoms. The van der Waals surface area contributed by atoms with Crippen molar-refractivity contribution in [3.8, 4) is 0 Å². The lowest BCUT2D eigenvalue weighted by atomic mass is 9.46. The molecule has 0 N–H and O–H groups in total. The zero-order valence-corrected chi connectivity index (χ0v) is 19.6. The first kappa shape index (κ1) is 20.4. The number of ether oxygens (including phenoxy) is 5. The van der Waals surface area contributed by atoms with Gasteiger partial charge in [0.2, 0.25) is 0 Å². The molecule has 0 aromatic heterocycles. The fourth-order valence-corrected chi connectivity index (χ4v) is 9.38. The smallest absolute Gasteiger partial charge is 0.303 e. The second-order valence-corrected chi connectivity index (χ2v) is 12.0. The fourth-order valence-electron chi connectivity index (χ4n) is 9.38. The van der Waals surface area contributed by atoms with Crippen molar-refractivity contribution in [2.24, 2.45) is 40.4 Å². The number of carbonyl (C=O) groups excluding carboxylic acids is 1. The van der Waals surface area contributed by atoms with Crippen LogP contribution >= 0.6 is 0 Å². The normalized spacial score (nSPS) is 56.1. The summed E-state index contributed by atoms with van der Waals surface area (Å²) in [5.41, 5.74) is 1.68. The van der Waals surface area contributed by atoms with Gasteiger partial charge < -0.3 is 23.7 Å². The van der Waals surface area contributed by atoms with Crippen LogP contribution in [-0.4, -0.2) is 56.0 Å². The quantitative estimate of drug-likeness (QED) is 0.377. The van der Waals surface area contributed by atoms with Gasteiger partial charge in [0, 0.05) is 18.3 Å². The maximum atomic E-state index is 11.6. The van der Waals surface area contributed by atoms with Gasteiger partial charge in [-0.25, -0.2) is 0 Å². The molecule has 3 saturated heterocycles. The number of hydrogen-bond acceptors (Lipinski definition) is 6. The standard InChI is InChI=1S/C26H36O6/c1-12(24-28-9-10-29-24)14-5-6-15-19-16(7-8-25(14,15)3)26(4)17(20-22(19)31-20)11-18(30-13(2)27)21-23(26)32-21/h11-12,14-16,18-24H,5-10H2,1-4H3/t12?,14-,15?,16?,18-,19?,20-,21+,22+,23+,25-,26-/m1/s1. The van der Waals surface area contributed by atoms with E-state index >= 15 is 0 Å². The van der Waals surface area contributed by atoms with Crippen LogP contribution in [0.25, 0.3) is 0 Å². The summed E-state index contributed by atoms with van der Waals surface area (Å²) in [6, 6.07) is 0. The van der Waals surface area contributed by atoms with Crippen molar-refractivity contribution in [2.75, 3.05) is 13.2 Å². The van der Waals surface area contributed by atoms with Gasteiger partial charge in [-0.2, -0.15) is 0 Å². The van der Waals surface area contributed by atoms with Crippen LogP contribution in [0.4, 0.5) is 0 Å². The first-order valence-corrected chi connectivity index (χ1v) is 12.8. The van der Waals surface area contributed by atoms with Gasteiger partial charge >= 0.3 is 5.97 Å². The predicted octanol–water partition coefficient (Wildman–Crippen LogP) is 3.48. The lowest BCUT2D eigenvalue weighted by Gasteiger charge is -2.57. The summed E-state index contributed by atoms with van der Waals surface area (Å²) < 4.78 is 30.1. The van der Waals surface area contributed by atoms with E-state index in [0.29, 0.717) is 41.1 Å². The van der Waals surface area contributed by atoms with Crippen LogP contribution in [0.2, 0.25) is 0 Å². The van der Waals surface area contributed by atoms with E-state index < -0.39 is 0 Å². The molecule has 6 nitrogen and oxygen atoms in total. The third kappa shape index (κ3) is 2.53. The highest BCUT2D eigenvalue weighted by molar-refractivity contribution is 5.66. The number of hydrogen-bond donors (Lipinski definition) is 0. The molecule has 4 aliphatic carbocycles. The number of rotatable bonds is 3. The summed E-state index contributed by atoms with van der Waals surface area (Å²) in [5.74, 6) is 2.71. The molecule has 0 amide bonds. The van der Waals surface area contributed by atoms with Gasteiger partial charge in [-0.1, -0.05) is 20.8 Å². The fraction of sp³-hybridized carbons (Fsp3) is 0.885. The second kappa shape index (κ2) is 6.59. The average Bonchev–Trinajstić information content (AvgIpc) is 3.63. The Bertz CT molecular complexity index is 864. The van der Waals surface area contributed by atoms with Crippen molar-refractivity contribution < 1.29 is 28.5 Å². The third-order valence-corrected chi connectivity index (χ3v) is 10.8. The Kier molecular flexibility index (Phi) is 4.20. The van der Waals surface area contributed by atoms with Crippen LogP contribution in [-0.2, 0) is 28.5 Å². The second-order valence-electron chi connectivity index (χ2n) is 12.0. The minimum atomic E-state index is -0.251. The Hall–Kier alpha value is -0.950. The van der Waals surface area contributed by atoms with Gasteiger partial charge in [-0.3, -0.25) is 4.79 Å². The molecule has 4 unspecified atom stereocenters. The van der Waals surface area contributed by atoms with Gasteiger partial charge in [0.25, 0.3) is 0 Å². The SMILES string of the molecule is CC(=O)O[C@@H]1C=C2[C@H]3O[C@H]3C3C4CC[C@H](C(C)C5OCCO5)[C@@]4(C)CCC3[C@@]2(C)[C@H]2O[C@@H]12. The minimum Gasteiger partial charge on any atom is -0.455 e. The van der Waals surface area contributed by atoms with E-state index in [-0.39, 0.29) is 42.1 Å². The van der Waals surface area contributed by atoms with E-state index in [2.05, 4.69) is 26.8 Å². The first-order valence-electron chi connectivity index (χ1n) is 12.8. The van der Waals surface area contributed by atoms with Crippen LogP contribution in [0, 0.1) is 40.4 Å². The summed E-state index contributed by atoms with van der Waals surface area (Å²) in [4.78, 5) is 11.6. The van der Waals surface area contributed by atoms with Crippen molar-refractivity contribution in [1.29, 1.82) is 0 Å². The highest BCUT2D eigenvalue weighted by Gasteiger charge is 2.75. The number of carbonyl (C=O) groups is 1. The van der Waals surface area contributed by atoms with Gasteiger partial charge in [0.05, 0.1) is 25.4 Å². The number of fused-ring (bicyclic) bond motifs is 10. The van der Waals surface area contributed by atoms with E-state index in [1.807, 2.05) is 0 Å². The summed E-state index contributed by atoms with van der Waals surface area (Å²) in [6.07, 6.45) is 7.62. The number of esters is 1. The third-order valence-electron chi connectivity index (χ3n) is 10.8. The zero-order valence-electron chi connectivity index (χ0n) is 19.6. The molecule has 3 saturated carbocycles. The Balaban J connectivity index is 1.19. The van der Waals surface area contributed by atoms with Gasteiger partial charge in [-0.05, 0) is 66.4 Å². The summed E-state index contributed by atoms with van der Waals surface area (Å²) >= 11 is 0. The Morgan fingerprint density at radius 3 is 2.62 bits per heavy atom. The van der Waals surface area contributed by atoms with E-state index in [9.17, 15) is 4.79 Å². The predicted molar refractivity (Wildman–Crippen MR) is 114 cm³/mol. The monoisotopic (exact) mass is 444 g/mol. The molecule has 176 valence electrons. The van der Waals surface area contributed by atoms with Gasteiger partial charge in [0.15, 0.2) is 6.29 Å². The van der Waals surface area contributed by atoms with E-state index in [1.165, 1.54) is 38.2 Å². The molecule has 7 aliphatic rings. The molecular formula is C26H36O6. The molecule has 12 atom stereocenters. The summed E-state index contributed by atoms with van der Waals surface area (Å²) in [6.45, 7) is 10.3. The maximum Gasteiger partial charge on any atom is 0.303 e. The van der Waals surface area contributed by atoms with Gasteiger partial charge in [0.1, 0.15) is 18.3 Å². The van der Waals surface area contributed by atoms with E-state index in [0.717, 1.165) is 13.2 Å². The van der Waals surface area contributed by atoms with Crippen LogP contribution in [0.3, 0.4) is 0 Å². The molecule has 0 bridgehead atoms. The number of epoxide rings is 2. The highest BCUT2D eigenvalue weighted by Crippen LogP contribution is 2.72. The van der Waals surface area contributed by atoms with E-state index in [1.54, 1.807) is 0 Å². The van der Waals surface area contributed by atoms with Gasteiger partial charge in [-0.15, -0.1) is 0 Å². The average molecular weight is 445 g/mol. The van der Waals surface area contributed by atoms with Crippen LogP contribution in [0.5, 0.6) is 0 Å². The topological polar surface area (TPSA) is 69.8 Å². The largest absolute Gasteiger partial charge is 0.455 e. The summed E-state index contributed by atoms with van der Waals surface area (Å²) in [5, 5.41) is 0. The van der Waals surface area contributed by atoms with Crippen molar-refractivity contribution in [1.82, 2.24) is 0 Å². The lowest BCUT2D eigenvalue weighted by Crippen LogP contribution is -2.56. The Morgan fingerprint density at radius 1 is 1.09 bits per heavy atom. The van der Waals surface area contributed by atoms with E-state index in [4.69, 9.17) is 23.7 Å². The molecule has 0 aromatic rings. The molecule has 6 heteroatoms. The lowest BCUT2D eigenvalue weighted by molar-refractivity contribution is -0.145. The first-order chi connectivity index (χ1) is 15.3. The maximum absolute atomic E-state index is 11.6. The molecular weight excluding hydrogens is 408 g/mol. The van der Waals surface area contributed by atoms with Crippen molar-refractivity contribution in [3.05, 3.63) is 11.6 Å². The van der Waals surface area contributed by atoms with Crippen molar-refractivity contribution >= 4 is 5.97 Å². The minimum absolute atomic E-state index is 0.00631. The van der Waals surface area contributed by atoms with Crippen molar-refractivity contribution in [3.63, 3.8) is 0 Å². The molecule has 0 radical (unpaired) electrons. The molecule has 6 fully saturated rings. The van der Waals surface area contributed by atoms with Crippen LogP contribution in [0.1, 0.15) is 53.4 Å². The Morgan fingerprint density at radius 2 is 1.88 bits per heavy atom. The Labute approximate surface area is 190 Å². The molecule has 0 spiro atoms. The van der Waals surface area contributed by atoms with Crippen molar-refractivity contribution in [2.45, 2.75) is 90.2 Å². The summed E-state index contributed by atoms with van der Waals surface area (Å²) in [7, 11) is 0. The molecule has 0 aromatic carbocycles. The molecule has 7 rings (SSSR count). The zero-order chi connectivity index (χ0) is 22.0. The molecule has 3 heterocycles. The van der Waals surface area contributed by atoms with Crippen LogP contribution < -0.4 is 0 Å². The molecule has 3 aliphatic heterocycles. The highest BCUT2D eigenvalue weighted by atomic mass is 16.7. The van der Waals surface area contributed by atoms with Crippen LogP contribution in [0.15, 0.2) is 11.6 Å².